The number of hydrogen-bond donors (Lipinski definition) is 1. The first-order valence-electron chi connectivity index (χ1n) is 6.45. The molecule has 2 unspecified atom stereocenters. The Kier molecular flexibility index (Phi) is 8.53. The van der Waals surface area contributed by atoms with Crippen LogP contribution in [0.3, 0.4) is 0 Å². The fourth-order valence-electron chi connectivity index (χ4n) is 2.02. The van der Waals surface area contributed by atoms with E-state index in [1.165, 1.54) is 12.8 Å². The SMILES string of the molecule is C=CCC(CCCCC)[N+](C)([O-])CCCN. The maximum atomic E-state index is 12.4. The third-order valence-electron chi connectivity index (χ3n) is 3.16. The van der Waals surface area contributed by atoms with E-state index < -0.39 is 0 Å². The van der Waals surface area contributed by atoms with Crippen LogP contribution in [-0.4, -0.2) is 30.8 Å². The van der Waals surface area contributed by atoms with E-state index in [9.17, 15) is 5.21 Å². The van der Waals surface area contributed by atoms with Gasteiger partial charge in [-0.15, -0.1) is 6.58 Å². The molecular formula is C13H28N2O. The Morgan fingerprint density at radius 2 is 2.06 bits per heavy atom. The minimum atomic E-state index is -0.160. The molecule has 0 aliphatic rings. The highest BCUT2D eigenvalue weighted by Gasteiger charge is 2.22. The first kappa shape index (κ1) is 15.6. The van der Waals surface area contributed by atoms with Crippen molar-refractivity contribution >= 4 is 0 Å². The van der Waals surface area contributed by atoms with Crippen LogP contribution in [0.5, 0.6) is 0 Å². The lowest BCUT2D eigenvalue weighted by molar-refractivity contribution is -0.886. The van der Waals surface area contributed by atoms with Crippen molar-refractivity contribution < 1.29 is 4.65 Å². The molecule has 0 saturated carbocycles. The monoisotopic (exact) mass is 228 g/mol. The molecule has 0 radical (unpaired) electrons. The standard InChI is InChI=1S/C13H28N2O/c1-4-6-7-10-13(9-5-2)15(3,16)12-8-11-14/h5,13H,2,4,6-12,14H2,1,3H3. The molecule has 0 bridgehead atoms. The number of quaternary nitrogens is 1. The van der Waals surface area contributed by atoms with Gasteiger partial charge in [0, 0.05) is 19.3 Å². The average Bonchev–Trinajstić information content (AvgIpc) is 2.25. The molecule has 0 aliphatic heterocycles. The molecule has 0 fully saturated rings. The predicted molar refractivity (Wildman–Crippen MR) is 70.8 cm³/mol. The summed E-state index contributed by atoms with van der Waals surface area (Å²) in [4.78, 5) is 0. The van der Waals surface area contributed by atoms with Crippen molar-refractivity contribution in [3.8, 4) is 0 Å². The highest BCUT2D eigenvalue weighted by Crippen LogP contribution is 2.19. The van der Waals surface area contributed by atoms with Gasteiger partial charge in [-0.05, 0) is 13.0 Å². The van der Waals surface area contributed by atoms with Crippen LogP contribution in [0.25, 0.3) is 0 Å². The molecule has 0 saturated heterocycles. The van der Waals surface area contributed by atoms with Gasteiger partial charge in [-0.25, -0.2) is 0 Å². The van der Waals surface area contributed by atoms with Crippen LogP contribution in [0, 0.1) is 5.21 Å². The minimum absolute atomic E-state index is 0.160. The number of unbranched alkanes of at least 4 members (excludes halogenated alkanes) is 2. The summed E-state index contributed by atoms with van der Waals surface area (Å²) in [6.45, 7) is 7.16. The third-order valence-corrected chi connectivity index (χ3v) is 3.16. The summed E-state index contributed by atoms with van der Waals surface area (Å²) < 4.78 is -0.160. The summed E-state index contributed by atoms with van der Waals surface area (Å²) >= 11 is 0. The van der Waals surface area contributed by atoms with Gasteiger partial charge < -0.3 is 15.6 Å². The Bertz CT molecular complexity index is 181. The zero-order chi connectivity index (χ0) is 12.4. The molecule has 3 nitrogen and oxygen atoms in total. The molecule has 0 heterocycles. The number of nitrogens with two attached hydrogens (primary N) is 1. The van der Waals surface area contributed by atoms with Gasteiger partial charge in [0.25, 0.3) is 0 Å². The van der Waals surface area contributed by atoms with Gasteiger partial charge in [-0.3, -0.25) is 0 Å². The van der Waals surface area contributed by atoms with Crippen molar-refractivity contribution in [2.24, 2.45) is 5.73 Å². The molecule has 0 aliphatic carbocycles. The molecular weight excluding hydrogens is 200 g/mol. The lowest BCUT2D eigenvalue weighted by atomic mass is 10.0. The Morgan fingerprint density at radius 1 is 1.38 bits per heavy atom. The first-order chi connectivity index (χ1) is 7.58. The van der Waals surface area contributed by atoms with E-state index in [1.54, 1.807) is 7.05 Å². The number of rotatable bonds is 10. The minimum Gasteiger partial charge on any atom is -0.633 e. The molecule has 0 aromatic heterocycles. The molecule has 0 spiro atoms. The van der Waals surface area contributed by atoms with Crippen LogP contribution in [0.15, 0.2) is 12.7 Å². The Labute approximate surface area is 100 Å². The second-order valence-corrected chi connectivity index (χ2v) is 4.71. The molecule has 2 atom stereocenters. The first-order valence-corrected chi connectivity index (χ1v) is 6.45. The zero-order valence-corrected chi connectivity index (χ0v) is 11.0. The van der Waals surface area contributed by atoms with Crippen molar-refractivity contribution in [3.63, 3.8) is 0 Å². The van der Waals surface area contributed by atoms with Gasteiger partial charge in [0.05, 0.1) is 19.6 Å². The van der Waals surface area contributed by atoms with E-state index in [4.69, 9.17) is 5.73 Å². The fourth-order valence-corrected chi connectivity index (χ4v) is 2.02. The van der Waals surface area contributed by atoms with Crippen molar-refractivity contribution in [1.29, 1.82) is 0 Å². The summed E-state index contributed by atoms with van der Waals surface area (Å²) in [6, 6.07) is 0.163. The molecule has 0 aromatic rings. The lowest BCUT2D eigenvalue weighted by Gasteiger charge is -2.45. The van der Waals surface area contributed by atoms with Crippen molar-refractivity contribution in [3.05, 3.63) is 17.9 Å². The lowest BCUT2D eigenvalue weighted by Crippen LogP contribution is -2.48. The molecule has 0 rings (SSSR count). The van der Waals surface area contributed by atoms with Crippen LogP contribution in [0.4, 0.5) is 0 Å². The maximum Gasteiger partial charge on any atom is 0.0920 e. The summed E-state index contributed by atoms with van der Waals surface area (Å²) in [5.41, 5.74) is 5.46. The van der Waals surface area contributed by atoms with Crippen LogP contribution >= 0.6 is 0 Å². The highest BCUT2D eigenvalue weighted by atomic mass is 16.5. The molecule has 0 amide bonds. The van der Waals surface area contributed by atoms with E-state index in [-0.39, 0.29) is 10.7 Å². The number of hydrogen-bond acceptors (Lipinski definition) is 2. The van der Waals surface area contributed by atoms with Crippen molar-refractivity contribution in [2.45, 2.75) is 51.5 Å². The molecule has 16 heavy (non-hydrogen) atoms. The smallest absolute Gasteiger partial charge is 0.0920 e. The van der Waals surface area contributed by atoms with E-state index in [0.717, 1.165) is 25.7 Å². The predicted octanol–water partition coefficient (Wildman–Crippen LogP) is 2.80. The number of nitrogens with zero attached hydrogens (tertiary/aromatic N) is 1. The fraction of sp³-hybridized carbons (Fsp3) is 0.846. The van der Waals surface area contributed by atoms with E-state index in [1.807, 2.05) is 6.08 Å². The van der Waals surface area contributed by atoms with Gasteiger partial charge in [0.2, 0.25) is 0 Å². The Hall–Kier alpha value is -0.380. The van der Waals surface area contributed by atoms with Crippen molar-refractivity contribution in [2.75, 3.05) is 20.1 Å². The molecule has 3 heteroatoms. The van der Waals surface area contributed by atoms with Gasteiger partial charge in [0.15, 0.2) is 0 Å². The van der Waals surface area contributed by atoms with Gasteiger partial charge >= 0.3 is 0 Å². The van der Waals surface area contributed by atoms with Crippen LogP contribution in [0.1, 0.15) is 45.4 Å². The van der Waals surface area contributed by atoms with E-state index >= 15 is 0 Å². The average molecular weight is 228 g/mol. The molecule has 96 valence electrons. The van der Waals surface area contributed by atoms with E-state index in [2.05, 4.69) is 13.5 Å². The summed E-state index contributed by atoms with van der Waals surface area (Å²) in [7, 11) is 1.77. The van der Waals surface area contributed by atoms with Crippen LogP contribution in [-0.2, 0) is 0 Å². The third kappa shape index (κ3) is 6.26. The van der Waals surface area contributed by atoms with Crippen LogP contribution in [0.2, 0.25) is 0 Å². The second kappa shape index (κ2) is 8.74. The van der Waals surface area contributed by atoms with Crippen LogP contribution < -0.4 is 5.73 Å². The van der Waals surface area contributed by atoms with Crippen molar-refractivity contribution in [1.82, 2.24) is 0 Å². The normalized spacial score (nSPS) is 16.8. The quantitative estimate of drug-likeness (QED) is 0.270. The van der Waals surface area contributed by atoms with Gasteiger partial charge in [0.1, 0.15) is 0 Å². The summed E-state index contributed by atoms with van der Waals surface area (Å²) in [6.07, 6.45) is 8.05. The maximum absolute atomic E-state index is 12.4. The second-order valence-electron chi connectivity index (χ2n) is 4.71. The number of hydroxylamine groups is 3. The highest BCUT2D eigenvalue weighted by molar-refractivity contribution is 4.74. The zero-order valence-electron chi connectivity index (χ0n) is 11.0. The summed E-state index contributed by atoms with van der Waals surface area (Å²) in [5.74, 6) is 0. The largest absolute Gasteiger partial charge is 0.633 e. The van der Waals surface area contributed by atoms with Gasteiger partial charge in [-0.2, -0.15) is 0 Å². The topological polar surface area (TPSA) is 49.1 Å². The molecule has 2 N–H and O–H groups in total. The Balaban J connectivity index is 4.18. The molecule has 0 aromatic carbocycles. The van der Waals surface area contributed by atoms with E-state index in [0.29, 0.717) is 13.1 Å². The summed E-state index contributed by atoms with van der Waals surface area (Å²) in [5, 5.41) is 12.4. The Morgan fingerprint density at radius 3 is 2.56 bits per heavy atom. The van der Waals surface area contributed by atoms with Gasteiger partial charge in [-0.1, -0.05) is 25.8 Å².